The maximum atomic E-state index is 11.0. The average Bonchev–Trinajstić information content (AvgIpc) is 2.14. The Bertz CT molecular complexity index is 200. The molecule has 88 valence electrons. The Morgan fingerprint density at radius 1 is 1.33 bits per heavy atom. The van der Waals surface area contributed by atoms with Crippen molar-refractivity contribution >= 4 is 11.9 Å². The second kappa shape index (κ2) is 8.23. The number of nitrogens with one attached hydrogen (secondary N) is 1. The van der Waals surface area contributed by atoms with Crippen molar-refractivity contribution in [3.8, 4) is 0 Å². The molecule has 0 rings (SSSR count). The fourth-order valence-electron chi connectivity index (χ4n) is 1.40. The molecular formula is C10H19NO4. The van der Waals surface area contributed by atoms with E-state index in [0.29, 0.717) is 13.0 Å². The zero-order chi connectivity index (χ0) is 11.7. The van der Waals surface area contributed by atoms with Crippen molar-refractivity contribution in [3.05, 3.63) is 0 Å². The Hall–Kier alpha value is -1.10. The van der Waals surface area contributed by atoms with Gasteiger partial charge in [0.05, 0.1) is 0 Å². The maximum absolute atomic E-state index is 11.0. The molecule has 0 aliphatic carbocycles. The minimum atomic E-state index is -1.12. The van der Waals surface area contributed by atoms with Crippen LogP contribution in [0.1, 0.15) is 32.6 Å². The number of aliphatic hydroxyl groups is 1. The number of hydrogen-bond donors (Lipinski definition) is 3. The second-order valence-corrected chi connectivity index (χ2v) is 3.54. The Balaban J connectivity index is 3.77. The molecule has 0 radical (unpaired) electrons. The Labute approximate surface area is 89.5 Å². The number of aliphatic hydroxyl groups excluding tert-OH is 1. The molecule has 3 N–H and O–H groups in total. The first-order valence-corrected chi connectivity index (χ1v) is 5.19. The van der Waals surface area contributed by atoms with Gasteiger partial charge >= 0.3 is 5.97 Å². The van der Waals surface area contributed by atoms with Crippen LogP contribution < -0.4 is 5.32 Å². The van der Waals surface area contributed by atoms with Gasteiger partial charge in [0.2, 0.25) is 5.91 Å². The van der Waals surface area contributed by atoms with Crippen molar-refractivity contribution in [2.45, 2.75) is 32.6 Å². The summed E-state index contributed by atoms with van der Waals surface area (Å²) in [5, 5.41) is 19.7. The summed E-state index contributed by atoms with van der Waals surface area (Å²) in [5.41, 5.74) is 0. The Kier molecular flexibility index (Phi) is 7.62. The van der Waals surface area contributed by atoms with E-state index >= 15 is 0 Å². The molecule has 0 bridgehead atoms. The van der Waals surface area contributed by atoms with Gasteiger partial charge in [-0.05, 0) is 18.8 Å². The fraction of sp³-hybridized carbons (Fsp3) is 0.800. The molecule has 5 heteroatoms. The first kappa shape index (κ1) is 13.9. The number of carbonyl (C=O) groups excluding carboxylic acids is 1. The van der Waals surface area contributed by atoms with Crippen LogP contribution in [0, 0.1) is 5.92 Å². The lowest BCUT2D eigenvalue weighted by atomic mass is 10.0. The fourth-order valence-corrected chi connectivity index (χ4v) is 1.40. The first-order chi connectivity index (χ1) is 7.10. The third kappa shape index (κ3) is 7.93. The number of carboxylic acid groups (broad SMARTS) is 1. The molecule has 1 unspecified atom stereocenters. The molecule has 0 aliphatic rings. The van der Waals surface area contributed by atoms with Gasteiger partial charge in [-0.15, -0.1) is 0 Å². The lowest BCUT2D eigenvalue weighted by molar-refractivity contribution is -0.140. The Morgan fingerprint density at radius 3 is 2.47 bits per heavy atom. The van der Waals surface area contributed by atoms with Gasteiger partial charge in [-0.3, -0.25) is 9.59 Å². The van der Waals surface area contributed by atoms with Crippen LogP contribution in [0.25, 0.3) is 0 Å². The van der Waals surface area contributed by atoms with Gasteiger partial charge < -0.3 is 15.5 Å². The minimum Gasteiger partial charge on any atom is -0.481 e. The summed E-state index contributed by atoms with van der Waals surface area (Å²) in [6, 6.07) is 0. The van der Waals surface area contributed by atoms with Gasteiger partial charge in [0.25, 0.3) is 0 Å². The molecule has 1 amide bonds. The predicted octanol–water partition coefficient (Wildman–Crippen LogP) is 0.376. The highest BCUT2D eigenvalue weighted by atomic mass is 16.4. The largest absolute Gasteiger partial charge is 0.481 e. The van der Waals surface area contributed by atoms with Crippen molar-refractivity contribution in [1.82, 2.24) is 5.32 Å². The highest BCUT2D eigenvalue weighted by Gasteiger charge is 2.11. The minimum absolute atomic E-state index is 0.0967. The number of amides is 1. The number of aliphatic carboxylic acids is 1. The number of carboxylic acids is 1. The molecule has 0 fully saturated rings. The normalized spacial score (nSPS) is 12.1. The molecule has 0 heterocycles. The summed E-state index contributed by atoms with van der Waals surface area (Å²) in [6.45, 7) is 2.57. The quantitative estimate of drug-likeness (QED) is 0.513. The molecule has 0 saturated carbocycles. The summed E-state index contributed by atoms with van der Waals surface area (Å²) in [4.78, 5) is 21.2. The van der Waals surface area contributed by atoms with E-state index in [1.165, 1.54) is 0 Å². The highest BCUT2D eigenvalue weighted by molar-refractivity contribution is 5.93. The van der Waals surface area contributed by atoms with E-state index in [-0.39, 0.29) is 12.5 Å². The first-order valence-electron chi connectivity index (χ1n) is 5.19. The summed E-state index contributed by atoms with van der Waals surface area (Å²) < 4.78 is 0. The predicted molar refractivity (Wildman–Crippen MR) is 55.4 cm³/mol. The summed E-state index contributed by atoms with van der Waals surface area (Å²) >= 11 is 0. The van der Waals surface area contributed by atoms with E-state index in [2.05, 4.69) is 5.32 Å². The smallest absolute Gasteiger partial charge is 0.312 e. The van der Waals surface area contributed by atoms with Crippen LogP contribution in [0.15, 0.2) is 0 Å². The summed E-state index contributed by atoms with van der Waals surface area (Å²) in [5.74, 6) is -1.36. The number of carbonyl (C=O) groups is 2. The molecule has 1 atom stereocenters. The standard InChI is InChI=1S/C10H19NO4/c1-2-3-8(4-5-12)7-11-9(13)6-10(14)15/h8,12H,2-7H2,1H3,(H,11,13)(H,14,15). The van der Waals surface area contributed by atoms with Gasteiger partial charge in [-0.2, -0.15) is 0 Å². The van der Waals surface area contributed by atoms with E-state index in [0.717, 1.165) is 12.8 Å². The van der Waals surface area contributed by atoms with Gasteiger partial charge in [-0.1, -0.05) is 13.3 Å². The van der Waals surface area contributed by atoms with Crippen LogP contribution in [0.5, 0.6) is 0 Å². The molecule has 0 aromatic rings. The number of rotatable bonds is 8. The van der Waals surface area contributed by atoms with Crippen molar-refractivity contribution in [1.29, 1.82) is 0 Å². The third-order valence-corrected chi connectivity index (χ3v) is 2.13. The van der Waals surface area contributed by atoms with Crippen molar-refractivity contribution < 1.29 is 19.8 Å². The molecule has 0 spiro atoms. The van der Waals surface area contributed by atoms with E-state index < -0.39 is 18.3 Å². The maximum Gasteiger partial charge on any atom is 0.312 e. The van der Waals surface area contributed by atoms with E-state index in [1.54, 1.807) is 0 Å². The molecule has 0 saturated heterocycles. The van der Waals surface area contributed by atoms with Crippen LogP contribution in [-0.4, -0.2) is 35.2 Å². The van der Waals surface area contributed by atoms with Crippen molar-refractivity contribution in [3.63, 3.8) is 0 Å². The lowest BCUT2D eigenvalue weighted by Crippen LogP contribution is -2.31. The second-order valence-electron chi connectivity index (χ2n) is 3.54. The molecule has 0 aromatic heterocycles. The monoisotopic (exact) mass is 217 g/mol. The molecule has 0 aliphatic heterocycles. The van der Waals surface area contributed by atoms with E-state index in [9.17, 15) is 9.59 Å². The van der Waals surface area contributed by atoms with Crippen LogP contribution >= 0.6 is 0 Å². The van der Waals surface area contributed by atoms with Crippen LogP contribution in [0.2, 0.25) is 0 Å². The van der Waals surface area contributed by atoms with Gasteiger partial charge in [0.15, 0.2) is 0 Å². The highest BCUT2D eigenvalue weighted by Crippen LogP contribution is 2.09. The zero-order valence-corrected chi connectivity index (χ0v) is 9.03. The van der Waals surface area contributed by atoms with Gasteiger partial charge in [0, 0.05) is 13.2 Å². The van der Waals surface area contributed by atoms with Crippen LogP contribution in [0.4, 0.5) is 0 Å². The van der Waals surface area contributed by atoms with E-state index in [4.69, 9.17) is 10.2 Å². The van der Waals surface area contributed by atoms with Gasteiger partial charge in [-0.25, -0.2) is 0 Å². The zero-order valence-electron chi connectivity index (χ0n) is 9.03. The SMILES string of the molecule is CCCC(CCO)CNC(=O)CC(=O)O. The molecule has 15 heavy (non-hydrogen) atoms. The molecule has 5 nitrogen and oxygen atoms in total. The third-order valence-electron chi connectivity index (χ3n) is 2.13. The average molecular weight is 217 g/mol. The van der Waals surface area contributed by atoms with Crippen molar-refractivity contribution in [2.24, 2.45) is 5.92 Å². The van der Waals surface area contributed by atoms with Crippen molar-refractivity contribution in [2.75, 3.05) is 13.2 Å². The summed E-state index contributed by atoms with van der Waals surface area (Å²) in [7, 11) is 0. The molecular weight excluding hydrogens is 198 g/mol. The van der Waals surface area contributed by atoms with E-state index in [1.807, 2.05) is 6.92 Å². The van der Waals surface area contributed by atoms with Crippen LogP contribution in [-0.2, 0) is 9.59 Å². The lowest BCUT2D eigenvalue weighted by Gasteiger charge is -2.15. The summed E-state index contributed by atoms with van der Waals surface area (Å²) in [6.07, 6.45) is 2.06. The van der Waals surface area contributed by atoms with Crippen LogP contribution in [0.3, 0.4) is 0 Å². The van der Waals surface area contributed by atoms with Gasteiger partial charge in [0.1, 0.15) is 6.42 Å². The topological polar surface area (TPSA) is 86.6 Å². The number of hydrogen-bond acceptors (Lipinski definition) is 3. The molecule has 0 aromatic carbocycles. The Morgan fingerprint density at radius 2 is 2.00 bits per heavy atom.